The minimum absolute atomic E-state index is 0. The van der Waals surface area contributed by atoms with E-state index in [2.05, 4.69) is 0 Å². The van der Waals surface area contributed by atoms with E-state index in [1.54, 1.807) is 0 Å². The number of hydrogen-bond donors (Lipinski definition) is 3. The number of halogens is 6. The van der Waals surface area contributed by atoms with Crippen LogP contribution in [0.3, 0.4) is 0 Å². The fourth-order valence-corrected chi connectivity index (χ4v) is 0. The molecule has 0 fully saturated rings. The zero-order valence-corrected chi connectivity index (χ0v) is 12.3. The Kier molecular flexibility index (Phi) is 613. The Morgan fingerprint density at radius 3 is 0.471 bits per heavy atom. The van der Waals surface area contributed by atoms with Crippen molar-refractivity contribution in [2.24, 2.45) is 0 Å². The van der Waals surface area contributed by atoms with Crippen LogP contribution in [-0.2, 0) is 3.74 Å². The molecule has 0 spiro atoms. The molecule has 0 rings (SSSR count). The first-order valence-corrected chi connectivity index (χ1v) is 4.07. The van der Waals surface area contributed by atoms with Crippen LogP contribution in [0.25, 0.3) is 0 Å². The zero-order chi connectivity index (χ0) is 4.50. The van der Waals surface area contributed by atoms with E-state index in [0.29, 0.717) is 0 Å². The van der Waals surface area contributed by atoms with Gasteiger partial charge in [0.25, 0.3) is 0 Å². The second kappa shape index (κ2) is 74.3. The van der Waals surface area contributed by atoms with Gasteiger partial charge >= 0.3 is 144 Å². The third kappa shape index (κ3) is 507. The van der Waals surface area contributed by atoms with Gasteiger partial charge in [-0.3, -0.25) is 0 Å². The first-order valence-electron chi connectivity index (χ1n) is 0.783. The molecule has 0 aliphatic rings. The third-order valence-electron chi connectivity index (χ3n) is 0. The first-order chi connectivity index (χ1) is 2.00. The molecule has 0 heterocycles. The molecule has 0 unspecified atom stereocenters. The van der Waals surface area contributed by atoms with Crippen molar-refractivity contribution in [3.8, 4) is 0 Å². The Morgan fingerprint density at radius 2 is 0.471 bits per heavy atom. The van der Waals surface area contributed by atoms with Crippen molar-refractivity contribution in [1.29, 1.82) is 0 Å². The fraction of sp³-hybridized carbons (Fsp3) is 0. The van der Waals surface area contributed by atoms with Crippen molar-refractivity contribution >= 4 is 14.5 Å². The molecule has 0 saturated heterocycles. The summed E-state index contributed by atoms with van der Waals surface area (Å²) in [5, 5.41) is 0. The fourth-order valence-electron chi connectivity index (χ4n) is 0. The average molecular weight is 298 g/mol. The van der Waals surface area contributed by atoms with E-state index in [1.807, 2.05) is 0 Å². The topological polar surface area (TPSA) is 77.8 Å². The van der Waals surface area contributed by atoms with Gasteiger partial charge in [0.05, 0.1) is 0 Å². The van der Waals surface area contributed by atoms with Crippen LogP contribution in [0, 0.1) is 0 Å². The predicted octanol–water partition coefficient (Wildman–Crippen LogP) is -38.1. The zero-order valence-electron chi connectivity index (χ0n) is 10.5. The maximum absolute atomic E-state index is 8.94. The molecule has 3 N–H and O–H groups in total. The molecule has 0 aromatic carbocycles. The van der Waals surface area contributed by atoms with E-state index in [-0.39, 0.29) is 141 Å². The Hall–Kier alpha value is 3.40. The van der Waals surface area contributed by atoms with Crippen molar-refractivity contribution in [3.05, 3.63) is 0 Å². The summed E-state index contributed by atoms with van der Waals surface area (Å²) < 4.78 is 30.7. The molecular formula is H3AsF6Li6O4. The minimum atomic E-state index is -5.12. The minimum Gasteiger partial charge on any atom is -1.00 e. The van der Waals surface area contributed by atoms with E-state index >= 15 is 0 Å². The van der Waals surface area contributed by atoms with Gasteiger partial charge in [-0.05, 0) is 0 Å². The third-order valence-corrected chi connectivity index (χ3v) is 0. The normalized spacial score (nSPS) is 3.47. The molecule has 17 heteroatoms. The Morgan fingerprint density at radius 1 is 0.471 bits per heavy atom. The van der Waals surface area contributed by atoms with E-state index in [9.17, 15) is 0 Å². The smallest absolute Gasteiger partial charge is 1.00 e. The van der Waals surface area contributed by atoms with Gasteiger partial charge in [0.1, 0.15) is 0 Å². The van der Waals surface area contributed by atoms with Gasteiger partial charge in [0, 0.05) is 0 Å². The van der Waals surface area contributed by atoms with Crippen molar-refractivity contribution in [2.45, 2.75) is 0 Å². The molecule has 0 radical (unpaired) electrons. The predicted molar refractivity (Wildman–Crippen MR) is 13.1 cm³/mol. The molecule has 0 atom stereocenters. The van der Waals surface area contributed by atoms with Crippen LogP contribution in [0.2, 0.25) is 0 Å². The van der Waals surface area contributed by atoms with Crippen LogP contribution in [-0.4, -0.2) is 26.8 Å². The maximum atomic E-state index is 8.94. The molecule has 0 saturated carbocycles. The SMILES string of the molecule is O=[As](O)(O)O.[F-].[F-].[F-].[F-].[F-].[F-].[Li+].[Li+].[Li+].[Li+].[Li+].[Li+]. The standard InChI is InChI=1S/AsH3O4.6FH.6Li/c2-1(3,4)5;;;;;;;;;;;;/h(H3,2,3,4,5);6*1H;;;;;;/q;;;;;;;6*+1/p-6. The van der Waals surface area contributed by atoms with E-state index in [1.165, 1.54) is 0 Å². The van der Waals surface area contributed by atoms with Crippen molar-refractivity contribution in [1.82, 2.24) is 0 Å². The number of rotatable bonds is 0. The largest absolute Gasteiger partial charge is 1.00 e. The van der Waals surface area contributed by atoms with Crippen molar-refractivity contribution in [3.63, 3.8) is 0 Å². The first kappa shape index (κ1) is 140. The second-order valence-corrected chi connectivity index (χ2v) is 2.67. The summed E-state index contributed by atoms with van der Waals surface area (Å²) in [4.78, 5) is 0. The van der Waals surface area contributed by atoms with Gasteiger partial charge in [-0.15, -0.1) is 0 Å². The molecule has 80 valence electrons. The van der Waals surface area contributed by atoms with Gasteiger partial charge in [0.2, 0.25) is 0 Å². The molecular weight excluding hydrogens is 295 g/mol. The summed E-state index contributed by atoms with van der Waals surface area (Å²) in [6, 6.07) is 0. The molecule has 17 heavy (non-hydrogen) atoms. The Bertz CT molecular complexity index is 76.6. The summed E-state index contributed by atoms with van der Waals surface area (Å²) in [5.41, 5.74) is 0. The van der Waals surface area contributed by atoms with Crippen molar-refractivity contribution in [2.75, 3.05) is 0 Å². The summed E-state index contributed by atoms with van der Waals surface area (Å²) in [6.45, 7) is 0. The molecule has 0 amide bonds. The molecule has 0 aromatic heterocycles. The Balaban J connectivity index is -0.00000000121. The van der Waals surface area contributed by atoms with E-state index < -0.39 is 14.5 Å². The van der Waals surface area contributed by atoms with Crippen LogP contribution in [0.5, 0.6) is 0 Å². The Labute approximate surface area is 170 Å². The van der Waals surface area contributed by atoms with Gasteiger partial charge in [-0.2, -0.15) is 0 Å². The van der Waals surface area contributed by atoms with Crippen LogP contribution in [0.15, 0.2) is 0 Å². The van der Waals surface area contributed by atoms with Crippen molar-refractivity contribution < 1.29 is 157 Å². The van der Waals surface area contributed by atoms with Crippen LogP contribution in [0.4, 0.5) is 0 Å². The summed E-state index contributed by atoms with van der Waals surface area (Å²) >= 11 is -5.12. The molecule has 0 aliphatic heterocycles. The van der Waals surface area contributed by atoms with E-state index in [4.69, 9.17) is 16.0 Å². The summed E-state index contributed by atoms with van der Waals surface area (Å²) in [6.07, 6.45) is 0. The van der Waals surface area contributed by atoms with Gasteiger partial charge in [-0.25, -0.2) is 0 Å². The van der Waals surface area contributed by atoms with Gasteiger partial charge in [0.15, 0.2) is 0 Å². The van der Waals surface area contributed by atoms with Crippen LogP contribution >= 0.6 is 0 Å². The molecule has 0 aromatic rings. The van der Waals surface area contributed by atoms with Crippen LogP contribution in [0.1, 0.15) is 0 Å². The molecule has 4 nitrogen and oxygen atoms in total. The van der Waals surface area contributed by atoms with Crippen LogP contribution < -0.4 is 141 Å². The molecule has 0 bridgehead atoms. The summed E-state index contributed by atoms with van der Waals surface area (Å²) in [5.74, 6) is 0. The summed E-state index contributed by atoms with van der Waals surface area (Å²) in [7, 11) is 0. The van der Waals surface area contributed by atoms with Gasteiger partial charge < -0.3 is 28.2 Å². The monoisotopic (exact) mass is 298 g/mol. The maximum Gasteiger partial charge on any atom is 1.00 e. The quantitative estimate of drug-likeness (QED) is 0.307. The second-order valence-electron chi connectivity index (χ2n) is 0.513. The van der Waals surface area contributed by atoms with E-state index in [0.717, 1.165) is 0 Å². The molecule has 0 aliphatic carbocycles. The average Bonchev–Trinajstić information content (AvgIpc) is 0.722. The number of hydrogen-bond acceptors (Lipinski definition) is 1. The van der Waals surface area contributed by atoms with Gasteiger partial charge in [-0.1, -0.05) is 0 Å².